The average molecular weight is 307 g/mol. The van der Waals surface area contributed by atoms with E-state index in [1.807, 2.05) is 24.3 Å². The van der Waals surface area contributed by atoms with Crippen molar-refractivity contribution in [3.8, 4) is 6.07 Å². The van der Waals surface area contributed by atoms with Crippen LogP contribution in [0.15, 0.2) is 65.5 Å². The van der Waals surface area contributed by atoms with Crippen LogP contribution in [0.5, 0.6) is 0 Å². The van der Waals surface area contributed by atoms with Crippen LogP contribution in [0.3, 0.4) is 0 Å². The van der Waals surface area contributed by atoms with E-state index in [-0.39, 0.29) is 17.1 Å². The topological polar surface area (TPSA) is 61.1 Å². The Hall–Kier alpha value is -2.93. The summed E-state index contributed by atoms with van der Waals surface area (Å²) in [6.45, 7) is 0. The van der Waals surface area contributed by atoms with E-state index in [9.17, 15) is 14.4 Å². The first-order chi connectivity index (χ1) is 11.1. The normalized spacial score (nSPS) is 20.1. The molecule has 114 valence electrons. The number of rotatable bonds is 2. The molecule has 4 heteroatoms. The van der Waals surface area contributed by atoms with Gasteiger partial charge in [-0.1, -0.05) is 36.4 Å². The smallest absolute Gasteiger partial charge is 0.335 e. The highest BCUT2D eigenvalue weighted by atomic mass is 19.1. The van der Waals surface area contributed by atoms with Crippen LogP contribution in [-0.4, -0.2) is 11.1 Å². The molecule has 23 heavy (non-hydrogen) atoms. The quantitative estimate of drug-likeness (QED) is 0.879. The summed E-state index contributed by atoms with van der Waals surface area (Å²) in [5.74, 6) is -1.49. The van der Waals surface area contributed by atoms with E-state index in [0.717, 1.165) is 0 Å². The van der Waals surface area contributed by atoms with Gasteiger partial charge in [0.2, 0.25) is 0 Å². The molecule has 0 spiro atoms. The lowest BCUT2D eigenvalue weighted by Gasteiger charge is -2.15. The average Bonchev–Trinajstić information content (AvgIpc) is 2.71. The summed E-state index contributed by atoms with van der Waals surface area (Å²) in [5, 5.41) is 18.3. The van der Waals surface area contributed by atoms with Crippen molar-refractivity contribution in [2.45, 2.75) is 12.8 Å². The van der Waals surface area contributed by atoms with Gasteiger partial charge in [-0.25, -0.2) is 9.18 Å². The zero-order chi connectivity index (χ0) is 16.4. The predicted octanol–water partition coefficient (Wildman–Crippen LogP) is 4.42. The van der Waals surface area contributed by atoms with Gasteiger partial charge in [0.1, 0.15) is 11.9 Å². The van der Waals surface area contributed by atoms with Gasteiger partial charge in [-0.3, -0.25) is 0 Å². The summed E-state index contributed by atoms with van der Waals surface area (Å²) in [6.07, 6.45) is 8.70. The maximum Gasteiger partial charge on any atom is 0.335 e. The van der Waals surface area contributed by atoms with Crippen LogP contribution in [0.4, 0.5) is 4.39 Å². The van der Waals surface area contributed by atoms with Crippen LogP contribution in [0.1, 0.15) is 28.8 Å². The van der Waals surface area contributed by atoms with Gasteiger partial charge in [0.05, 0.1) is 11.1 Å². The highest BCUT2D eigenvalue weighted by Gasteiger charge is 2.26. The Morgan fingerprint density at radius 3 is 2.65 bits per heavy atom. The monoisotopic (exact) mass is 307 g/mol. The first-order valence-corrected chi connectivity index (χ1v) is 7.33. The number of carbonyl (C=O) groups is 1. The molecule has 0 heterocycles. The number of benzene rings is 1. The minimum absolute atomic E-state index is 0.0381. The van der Waals surface area contributed by atoms with Crippen molar-refractivity contribution in [1.29, 1.82) is 5.26 Å². The highest BCUT2D eigenvalue weighted by Crippen LogP contribution is 2.39. The largest absolute Gasteiger partial charge is 0.478 e. The number of halogens is 1. The zero-order valence-electron chi connectivity index (χ0n) is 12.3. The fraction of sp³-hybridized carbons (Fsp3) is 0.158. The highest BCUT2D eigenvalue weighted by molar-refractivity contribution is 5.88. The van der Waals surface area contributed by atoms with Crippen molar-refractivity contribution in [2.24, 2.45) is 5.92 Å². The lowest BCUT2D eigenvalue weighted by Crippen LogP contribution is -2.03. The van der Waals surface area contributed by atoms with E-state index < -0.39 is 11.8 Å². The van der Waals surface area contributed by atoms with Crippen LogP contribution >= 0.6 is 0 Å². The molecule has 0 fully saturated rings. The third kappa shape index (κ3) is 2.74. The number of nitrogens with zero attached hydrogens (tertiary/aromatic N) is 1. The Balaban J connectivity index is 2.07. The van der Waals surface area contributed by atoms with Gasteiger partial charge in [-0.2, -0.15) is 5.26 Å². The Morgan fingerprint density at radius 1 is 1.26 bits per heavy atom. The van der Waals surface area contributed by atoms with Crippen molar-refractivity contribution < 1.29 is 14.3 Å². The third-order valence-electron chi connectivity index (χ3n) is 4.20. The number of allylic oxidation sites excluding steroid dienone is 8. The van der Waals surface area contributed by atoms with Crippen molar-refractivity contribution in [2.75, 3.05) is 0 Å². The van der Waals surface area contributed by atoms with Crippen LogP contribution < -0.4 is 0 Å². The minimum atomic E-state index is -1.02. The summed E-state index contributed by atoms with van der Waals surface area (Å²) in [4.78, 5) is 10.9. The molecule has 0 aliphatic heterocycles. The van der Waals surface area contributed by atoms with Crippen LogP contribution in [0.25, 0.3) is 5.57 Å². The molecule has 0 amide bonds. The van der Waals surface area contributed by atoms with Crippen LogP contribution in [0.2, 0.25) is 0 Å². The van der Waals surface area contributed by atoms with E-state index in [0.29, 0.717) is 29.6 Å². The summed E-state index contributed by atoms with van der Waals surface area (Å²) in [7, 11) is 0. The molecule has 1 aromatic carbocycles. The summed E-state index contributed by atoms with van der Waals surface area (Å²) < 4.78 is 14.9. The SMILES string of the molecule is N#CC1=C2C=CC=CC2CCC(c2ccc(C(=O)O)cc2)=C1F. The second kappa shape index (κ2) is 6.05. The predicted molar refractivity (Wildman–Crippen MR) is 85.1 cm³/mol. The molecule has 0 saturated carbocycles. The first kappa shape index (κ1) is 15.0. The Kier molecular flexibility index (Phi) is 3.94. The lowest BCUT2D eigenvalue weighted by molar-refractivity contribution is 0.0697. The number of hydrogen-bond acceptors (Lipinski definition) is 2. The second-order valence-electron chi connectivity index (χ2n) is 5.51. The van der Waals surface area contributed by atoms with Gasteiger partial charge in [-0.05, 0) is 41.7 Å². The molecule has 0 saturated heterocycles. The van der Waals surface area contributed by atoms with Crippen LogP contribution in [-0.2, 0) is 0 Å². The van der Waals surface area contributed by atoms with Crippen LogP contribution in [0, 0.1) is 17.2 Å². The molecule has 1 aromatic rings. The number of fused-ring (bicyclic) bond motifs is 1. The van der Waals surface area contributed by atoms with E-state index in [1.54, 1.807) is 18.2 Å². The Labute approximate surface area is 133 Å². The molecular weight excluding hydrogens is 293 g/mol. The summed E-state index contributed by atoms with van der Waals surface area (Å²) in [5.41, 5.74) is 2.02. The number of carboxylic acids is 1. The molecule has 0 bridgehead atoms. The van der Waals surface area contributed by atoms with Gasteiger partial charge in [0, 0.05) is 5.92 Å². The number of hydrogen-bond donors (Lipinski definition) is 1. The number of nitriles is 1. The molecule has 3 rings (SSSR count). The maximum atomic E-state index is 14.9. The molecule has 0 aromatic heterocycles. The molecule has 3 nitrogen and oxygen atoms in total. The minimum Gasteiger partial charge on any atom is -0.478 e. The van der Waals surface area contributed by atoms with Gasteiger partial charge in [0.25, 0.3) is 0 Å². The van der Waals surface area contributed by atoms with Crippen molar-refractivity contribution >= 4 is 11.5 Å². The van der Waals surface area contributed by atoms with E-state index in [2.05, 4.69) is 0 Å². The number of aromatic carboxylic acids is 1. The van der Waals surface area contributed by atoms with Gasteiger partial charge in [-0.15, -0.1) is 0 Å². The Bertz CT molecular complexity index is 820. The summed E-state index contributed by atoms with van der Waals surface area (Å²) >= 11 is 0. The van der Waals surface area contributed by atoms with Gasteiger partial charge in [0.15, 0.2) is 0 Å². The van der Waals surface area contributed by atoms with Crippen molar-refractivity contribution in [1.82, 2.24) is 0 Å². The lowest BCUT2D eigenvalue weighted by atomic mass is 9.88. The van der Waals surface area contributed by atoms with Gasteiger partial charge >= 0.3 is 5.97 Å². The Morgan fingerprint density at radius 2 is 2.00 bits per heavy atom. The number of carboxylic acid groups (broad SMARTS) is 1. The van der Waals surface area contributed by atoms with E-state index in [4.69, 9.17) is 5.11 Å². The zero-order valence-corrected chi connectivity index (χ0v) is 12.3. The standard InChI is InChI=1S/C19H14FNO2/c20-18-16(13-5-7-14(8-6-13)19(22)23)10-9-12-3-1-2-4-15(12)17(18)11-21/h1-8,12H,9-10H2,(H,22,23). The molecule has 1 atom stereocenters. The second-order valence-corrected chi connectivity index (χ2v) is 5.51. The molecule has 0 radical (unpaired) electrons. The molecule has 2 aliphatic rings. The third-order valence-corrected chi connectivity index (χ3v) is 4.20. The van der Waals surface area contributed by atoms with E-state index in [1.165, 1.54) is 12.1 Å². The fourth-order valence-corrected chi connectivity index (χ4v) is 2.99. The fourth-order valence-electron chi connectivity index (χ4n) is 2.99. The first-order valence-electron chi connectivity index (χ1n) is 7.33. The summed E-state index contributed by atoms with van der Waals surface area (Å²) in [6, 6.07) is 8.09. The molecular formula is C19H14FNO2. The molecule has 1 unspecified atom stereocenters. The maximum absolute atomic E-state index is 14.9. The van der Waals surface area contributed by atoms with Crippen molar-refractivity contribution in [3.05, 3.63) is 76.7 Å². The van der Waals surface area contributed by atoms with Gasteiger partial charge < -0.3 is 5.11 Å². The molecule has 1 N–H and O–H groups in total. The molecule has 2 aliphatic carbocycles. The van der Waals surface area contributed by atoms with Crippen molar-refractivity contribution in [3.63, 3.8) is 0 Å². The van der Waals surface area contributed by atoms with E-state index >= 15 is 0 Å².